The van der Waals surface area contributed by atoms with Crippen LogP contribution in [-0.2, 0) is 26.2 Å². The van der Waals surface area contributed by atoms with Crippen molar-refractivity contribution in [2.45, 2.75) is 37.8 Å². The number of para-hydroxylation sites is 1. The first-order chi connectivity index (χ1) is 18.6. The lowest BCUT2D eigenvalue weighted by atomic mass is 10.1. The van der Waals surface area contributed by atoms with E-state index < -0.39 is 28.5 Å². The monoisotopic (exact) mass is 591 g/mol. The predicted molar refractivity (Wildman–Crippen MR) is 154 cm³/mol. The molecule has 0 aliphatic rings. The van der Waals surface area contributed by atoms with Crippen molar-refractivity contribution in [2.75, 3.05) is 24.5 Å². The highest BCUT2D eigenvalue weighted by atomic mass is 35.5. The molecule has 0 spiro atoms. The number of anilines is 1. The first-order valence-corrected chi connectivity index (χ1v) is 14.5. The Hall–Kier alpha value is -3.27. The summed E-state index contributed by atoms with van der Waals surface area (Å²) in [7, 11) is -2.68. The molecule has 0 aliphatic heterocycles. The lowest BCUT2D eigenvalue weighted by Crippen LogP contribution is -2.51. The quantitative estimate of drug-likeness (QED) is 0.314. The molecule has 0 saturated heterocycles. The normalized spacial score (nSPS) is 11.9. The van der Waals surface area contributed by atoms with E-state index in [1.807, 2.05) is 6.92 Å². The van der Waals surface area contributed by atoms with Crippen LogP contribution in [0.2, 0.25) is 10.0 Å². The van der Waals surface area contributed by atoms with E-state index in [1.165, 1.54) is 36.3 Å². The zero-order chi connectivity index (χ0) is 28.6. The van der Waals surface area contributed by atoms with Gasteiger partial charge in [0.2, 0.25) is 11.8 Å². The highest BCUT2D eigenvalue weighted by Crippen LogP contribution is 2.27. The van der Waals surface area contributed by atoms with Gasteiger partial charge in [0.1, 0.15) is 18.3 Å². The van der Waals surface area contributed by atoms with Gasteiger partial charge in [0.15, 0.2) is 0 Å². The van der Waals surface area contributed by atoms with Crippen molar-refractivity contribution in [3.63, 3.8) is 0 Å². The Morgan fingerprint density at radius 1 is 1.00 bits per heavy atom. The molecule has 208 valence electrons. The van der Waals surface area contributed by atoms with E-state index in [1.54, 1.807) is 55.5 Å². The van der Waals surface area contributed by atoms with Gasteiger partial charge in [-0.3, -0.25) is 13.9 Å². The molecular formula is C28H31Cl2N3O5S. The second kappa shape index (κ2) is 13.7. The summed E-state index contributed by atoms with van der Waals surface area (Å²) in [5, 5.41) is 3.55. The Morgan fingerprint density at radius 2 is 1.67 bits per heavy atom. The van der Waals surface area contributed by atoms with Gasteiger partial charge in [-0.2, -0.15) is 0 Å². The molecule has 0 aromatic heterocycles. The largest absolute Gasteiger partial charge is 0.497 e. The van der Waals surface area contributed by atoms with E-state index in [0.717, 1.165) is 10.7 Å². The molecule has 3 aromatic rings. The van der Waals surface area contributed by atoms with E-state index in [0.29, 0.717) is 33.6 Å². The maximum Gasteiger partial charge on any atom is 0.264 e. The number of nitrogens with one attached hydrogen (secondary N) is 1. The zero-order valence-corrected chi connectivity index (χ0v) is 24.3. The minimum Gasteiger partial charge on any atom is -0.497 e. The fourth-order valence-corrected chi connectivity index (χ4v) is 5.69. The topological polar surface area (TPSA) is 96.0 Å². The van der Waals surface area contributed by atoms with Crippen molar-refractivity contribution in [3.8, 4) is 5.75 Å². The Labute approximate surface area is 239 Å². The molecule has 0 radical (unpaired) electrons. The van der Waals surface area contributed by atoms with Crippen molar-refractivity contribution < 1.29 is 22.7 Å². The number of rotatable bonds is 12. The van der Waals surface area contributed by atoms with Gasteiger partial charge < -0.3 is 15.0 Å². The maximum absolute atomic E-state index is 13.9. The summed E-state index contributed by atoms with van der Waals surface area (Å²) in [4.78, 5) is 28.1. The highest BCUT2D eigenvalue weighted by Gasteiger charge is 2.32. The van der Waals surface area contributed by atoms with Crippen LogP contribution in [0.15, 0.2) is 77.7 Å². The number of hydrogen-bond donors (Lipinski definition) is 1. The third kappa shape index (κ3) is 7.65. The van der Waals surface area contributed by atoms with Crippen molar-refractivity contribution in [2.24, 2.45) is 0 Å². The summed E-state index contributed by atoms with van der Waals surface area (Å²) >= 11 is 12.4. The molecule has 11 heteroatoms. The van der Waals surface area contributed by atoms with Crippen LogP contribution in [0.1, 0.15) is 25.8 Å². The van der Waals surface area contributed by atoms with E-state index in [9.17, 15) is 18.0 Å². The summed E-state index contributed by atoms with van der Waals surface area (Å²) in [6.07, 6.45) is 0.720. The average Bonchev–Trinajstić information content (AvgIpc) is 2.94. The molecule has 3 rings (SSSR count). The predicted octanol–water partition coefficient (Wildman–Crippen LogP) is 5.14. The number of amides is 2. The molecule has 0 bridgehead atoms. The van der Waals surface area contributed by atoms with Crippen LogP contribution in [0, 0.1) is 0 Å². The number of carbonyl (C=O) groups is 2. The summed E-state index contributed by atoms with van der Waals surface area (Å²) in [5.74, 6) is -0.449. The highest BCUT2D eigenvalue weighted by molar-refractivity contribution is 7.92. The molecule has 0 unspecified atom stereocenters. The smallest absolute Gasteiger partial charge is 0.264 e. The number of hydrogen-bond acceptors (Lipinski definition) is 5. The molecule has 0 saturated carbocycles. The third-order valence-electron chi connectivity index (χ3n) is 6.04. The van der Waals surface area contributed by atoms with E-state index in [4.69, 9.17) is 27.9 Å². The number of ether oxygens (including phenoxy) is 1. The molecule has 0 heterocycles. The first-order valence-electron chi connectivity index (χ1n) is 12.3. The summed E-state index contributed by atoms with van der Waals surface area (Å²) in [6, 6.07) is 18.2. The van der Waals surface area contributed by atoms with Crippen LogP contribution >= 0.6 is 23.2 Å². The SMILES string of the molecule is CCCNC(=O)[C@H](C)N(Cc1ccc(Cl)cc1Cl)C(=O)CN(c1ccccc1)S(=O)(=O)c1ccc(OC)cc1. The molecule has 3 aromatic carbocycles. The molecule has 2 amide bonds. The number of sulfonamides is 1. The Kier molecular flexibility index (Phi) is 10.6. The Balaban J connectivity index is 2.01. The summed E-state index contributed by atoms with van der Waals surface area (Å²) in [5.41, 5.74) is 0.864. The van der Waals surface area contributed by atoms with Gasteiger partial charge in [0, 0.05) is 23.1 Å². The van der Waals surface area contributed by atoms with Crippen molar-refractivity contribution >= 4 is 50.7 Å². The van der Waals surface area contributed by atoms with E-state index in [-0.39, 0.29) is 17.3 Å². The fraction of sp³-hybridized carbons (Fsp3) is 0.286. The fourth-order valence-electron chi connectivity index (χ4n) is 3.81. The van der Waals surface area contributed by atoms with Gasteiger partial charge >= 0.3 is 0 Å². The van der Waals surface area contributed by atoms with Gasteiger partial charge in [-0.05, 0) is 67.4 Å². The van der Waals surface area contributed by atoms with E-state index in [2.05, 4.69) is 5.32 Å². The van der Waals surface area contributed by atoms with Crippen LogP contribution in [-0.4, -0.2) is 51.4 Å². The lowest BCUT2D eigenvalue weighted by molar-refractivity contribution is -0.139. The number of nitrogens with zero attached hydrogens (tertiary/aromatic N) is 2. The molecule has 0 fully saturated rings. The lowest BCUT2D eigenvalue weighted by Gasteiger charge is -2.32. The number of halogens is 2. The van der Waals surface area contributed by atoms with Gasteiger partial charge in [-0.15, -0.1) is 0 Å². The number of carbonyl (C=O) groups excluding carboxylic acids is 2. The molecule has 39 heavy (non-hydrogen) atoms. The molecule has 1 N–H and O–H groups in total. The van der Waals surface area contributed by atoms with Crippen molar-refractivity contribution in [3.05, 3.63) is 88.4 Å². The average molecular weight is 593 g/mol. The van der Waals surface area contributed by atoms with Crippen LogP contribution in [0.5, 0.6) is 5.75 Å². The molecule has 0 aliphatic carbocycles. The Bertz CT molecular complexity index is 1390. The van der Waals surface area contributed by atoms with Gasteiger partial charge in [0.25, 0.3) is 10.0 Å². The Morgan fingerprint density at radius 3 is 2.26 bits per heavy atom. The number of benzene rings is 3. The molecule has 8 nitrogen and oxygen atoms in total. The van der Waals surface area contributed by atoms with E-state index >= 15 is 0 Å². The second-order valence-electron chi connectivity index (χ2n) is 8.75. The third-order valence-corrected chi connectivity index (χ3v) is 8.42. The van der Waals surface area contributed by atoms with Crippen LogP contribution in [0.25, 0.3) is 0 Å². The summed E-state index contributed by atoms with van der Waals surface area (Å²) in [6.45, 7) is 3.38. The second-order valence-corrected chi connectivity index (χ2v) is 11.5. The van der Waals surface area contributed by atoms with Crippen molar-refractivity contribution in [1.29, 1.82) is 0 Å². The minimum atomic E-state index is -4.17. The molecular weight excluding hydrogens is 561 g/mol. The van der Waals surface area contributed by atoms with Crippen LogP contribution in [0.3, 0.4) is 0 Å². The first kappa shape index (κ1) is 30.3. The minimum absolute atomic E-state index is 0.0130. The van der Waals surface area contributed by atoms with Gasteiger partial charge in [-0.1, -0.05) is 54.4 Å². The van der Waals surface area contributed by atoms with Crippen molar-refractivity contribution in [1.82, 2.24) is 10.2 Å². The zero-order valence-electron chi connectivity index (χ0n) is 21.9. The van der Waals surface area contributed by atoms with Crippen LogP contribution in [0.4, 0.5) is 5.69 Å². The summed E-state index contributed by atoms with van der Waals surface area (Å²) < 4.78 is 33.7. The van der Waals surface area contributed by atoms with Crippen LogP contribution < -0.4 is 14.4 Å². The maximum atomic E-state index is 13.9. The standard InChI is InChI=1S/C28H31Cl2N3O5S/c1-4-16-31-28(35)20(2)32(18-21-10-11-22(29)17-26(21)30)27(34)19-33(23-8-6-5-7-9-23)39(36,37)25-14-12-24(38-3)13-15-25/h5-15,17,20H,4,16,18-19H2,1-3H3,(H,31,35)/t20-/m0/s1. The van der Waals surface area contributed by atoms with Gasteiger partial charge in [0.05, 0.1) is 17.7 Å². The number of methoxy groups -OCH3 is 1. The van der Waals surface area contributed by atoms with Gasteiger partial charge in [-0.25, -0.2) is 8.42 Å². The molecule has 1 atom stereocenters.